The number of hydrogen-bond donors (Lipinski definition) is 1. The number of carbonyl (C=O) groups is 3. The quantitative estimate of drug-likeness (QED) is 0.893. The van der Waals surface area contributed by atoms with Gasteiger partial charge in [0.25, 0.3) is 5.91 Å². The molecule has 2 aliphatic heterocycles. The maximum Gasteiger partial charge on any atom is 0.253 e. The highest BCUT2D eigenvalue weighted by Gasteiger charge is 2.37. The molecule has 3 atom stereocenters. The Kier molecular flexibility index (Phi) is 5.59. The Morgan fingerprint density at radius 2 is 1.73 bits per heavy atom. The van der Waals surface area contributed by atoms with Crippen LogP contribution in [0.25, 0.3) is 0 Å². The molecule has 0 spiro atoms. The molecule has 3 rings (SSSR count). The van der Waals surface area contributed by atoms with Crippen LogP contribution in [-0.4, -0.2) is 53.2 Å². The van der Waals surface area contributed by atoms with E-state index in [1.54, 1.807) is 21.9 Å². The summed E-state index contributed by atoms with van der Waals surface area (Å²) in [4.78, 5) is 40.9. The first kappa shape index (κ1) is 18.4. The number of amides is 3. The van der Waals surface area contributed by atoms with Crippen molar-refractivity contribution >= 4 is 17.7 Å². The van der Waals surface area contributed by atoms with Gasteiger partial charge in [0.1, 0.15) is 0 Å². The van der Waals surface area contributed by atoms with Gasteiger partial charge in [-0.05, 0) is 44.7 Å². The molecule has 2 fully saturated rings. The van der Waals surface area contributed by atoms with Crippen molar-refractivity contribution < 1.29 is 14.4 Å². The number of rotatable bonds is 3. The third-order valence-electron chi connectivity index (χ3n) is 5.65. The Morgan fingerprint density at radius 3 is 2.42 bits per heavy atom. The van der Waals surface area contributed by atoms with Crippen molar-refractivity contribution in [1.29, 1.82) is 0 Å². The van der Waals surface area contributed by atoms with Crippen LogP contribution in [0.3, 0.4) is 0 Å². The number of hydrogen-bond acceptors (Lipinski definition) is 3. The minimum atomic E-state index is -0.334. The molecule has 0 aromatic heterocycles. The summed E-state index contributed by atoms with van der Waals surface area (Å²) in [5, 5.41) is 0. The van der Waals surface area contributed by atoms with Crippen LogP contribution in [0, 0.1) is 11.8 Å². The molecule has 0 radical (unpaired) electrons. The largest absolute Gasteiger partial charge is 0.369 e. The van der Waals surface area contributed by atoms with Crippen LogP contribution in [0.5, 0.6) is 0 Å². The fourth-order valence-electron chi connectivity index (χ4n) is 4.01. The SMILES string of the molecule is CC1CCC(C(N)=O)CN1C(=O)C1CCCN(C(=O)c2ccccc2)C1. The van der Waals surface area contributed by atoms with E-state index in [0.717, 1.165) is 25.7 Å². The summed E-state index contributed by atoms with van der Waals surface area (Å²) in [5.74, 6) is -0.774. The third-order valence-corrected chi connectivity index (χ3v) is 5.65. The number of primary amides is 1. The normalized spacial score (nSPS) is 26.4. The van der Waals surface area contributed by atoms with E-state index in [9.17, 15) is 14.4 Å². The summed E-state index contributed by atoms with van der Waals surface area (Å²) in [6.07, 6.45) is 3.13. The number of carbonyl (C=O) groups excluding carboxylic acids is 3. The zero-order valence-electron chi connectivity index (χ0n) is 15.3. The summed E-state index contributed by atoms with van der Waals surface area (Å²) in [5.41, 5.74) is 6.10. The van der Waals surface area contributed by atoms with Crippen molar-refractivity contribution in [3.05, 3.63) is 35.9 Å². The standard InChI is InChI=1S/C20H27N3O3/c1-14-9-10-16(18(21)24)13-23(14)20(26)17-8-5-11-22(12-17)19(25)15-6-3-2-4-7-15/h2-4,6-7,14,16-17H,5,8-13H2,1H3,(H2,21,24). The van der Waals surface area contributed by atoms with Gasteiger partial charge < -0.3 is 15.5 Å². The Labute approximate surface area is 154 Å². The monoisotopic (exact) mass is 357 g/mol. The van der Waals surface area contributed by atoms with Crippen molar-refractivity contribution in [2.45, 2.75) is 38.6 Å². The molecule has 3 unspecified atom stereocenters. The lowest BCUT2D eigenvalue weighted by atomic mass is 9.89. The first-order valence-corrected chi connectivity index (χ1v) is 9.41. The maximum absolute atomic E-state index is 13.1. The number of nitrogens with two attached hydrogens (primary N) is 1. The second-order valence-electron chi connectivity index (χ2n) is 7.47. The van der Waals surface area contributed by atoms with Gasteiger partial charge in [0.05, 0.1) is 11.8 Å². The summed E-state index contributed by atoms with van der Waals surface area (Å²) in [6, 6.07) is 9.29. The lowest BCUT2D eigenvalue weighted by Crippen LogP contribution is -2.53. The van der Waals surface area contributed by atoms with E-state index in [0.29, 0.717) is 25.2 Å². The maximum atomic E-state index is 13.1. The molecule has 0 bridgehead atoms. The predicted octanol–water partition coefficient (Wildman–Crippen LogP) is 1.65. The Balaban J connectivity index is 1.67. The zero-order valence-corrected chi connectivity index (χ0v) is 15.3. The molecular weight excluding hydrogens is 330 g/mol. The molecule has 6 heteroatoms. The second-order valence-corrected chi connectivity index (χ2v) is 7.47. The molecule has 3 amide bonds. The van der Waals surface area contributed by atoms with Crippen LogP contribution < -0.4 is 5.73 Å². The van der Waals surface area contributed by atoms with E-state index >= 15 is 0 Å². The van der Waals surface area contributed by atoms with Crippen LogP contribution in [0.4, 0.5) is 0 Å². The van der Waals surface area contributed by atoms with Crippen LogP contribution in [0.2, 0.25) is 0 Å². The molecule has 2 heterocycles. The lowest BCUT2D eigenvalue weighted by molar-refractivity contribution is -0.142. The van der Waals surface area contributed by atoms with Crippen LogP contribution in [0.15, 0.2) is 30.3 Å². The molecule has 2 saturated heterocycles. The molecule has 2 aliphatic rings. The molecule has 0 saturated carbocycles. The molecule has 26 heavy (non-hydrogen) atoms. The minimum absolute atomic E-state index is 0.0233. The van der Waals surface area contributed by atoms with E-state index in [4.69, 9.17) is 5.73 Å². The summed E-state index contributed by atoms with van der Waals surface area (Å²) in [6.45, 7) is 3.54. The molecule has 1 aromatic rings. The smallest absolute Gasteiger partial charge is 0.253 e. The number of benzene rings is 1. The van der Waals surface area contributed by atoms with Crippen LogP contribution >= 0.6 is 0 Å². The Morgan fingerprint density at radius 1 is 1.00 bits per heavy atom. The third kappa shape index (κ3) is 3.89. The summed E-state index contributed by atoms with van der Waals surface area (Å²) >= 11 is 0. The number of likely N-dealkylation sites (tertiary alicyclic amines) is 2. The summed E-state index contributed by atoms with van der Waals surface area (Å²) in [7, 11) is 0. The highest BCUT2D eigenvalue weighted by molar-refractivity contribution is 5.94. The lowest BCUT2D eigenvalue weighted by Gasteiger charge is -2.41. The van der Waals surface area contributed by atoms with Gasteiger partial charge in [-0.25, -0.2) is 0 Å². The van der Waals surface area contributed by atoms with Crippen LogP contribution in [0.1, 0.15) is 43.0 Å². The van der Waals surface area contributed by atoms with Crippen LogP contribution in [-0.2, 0) is 9.59 Å². The van der Waals surface area contributed by atoms with Gasteiger partial charge in [-0.3, -0.25) is 14.4 Å². The molecular formula is C20H27N3O3. The van der Waals surface area contributed by atoms with Crippen molar-refractivity contribution in [1.82, 2.24) is 9.80 Å². The molecule has 0 aliphatic carbocycles. The Hall–Kier alpha value is -2.37. The Bertz CT molecular complexity index is 676. The number of piperidine rings is 2. The molecule has 6 nitrogen and oxygen atoms in total. The van der Waals surface area contributed by atoms with Gasteiger partial charge in [-0.15, -0.1) is 0 Å². The van der Waals surface area contributed by atoms with Gasteiger partial charge in [0.15, 0.2) is 0 Å². The average Bonchev–Trinajstić information content (AvgIpc) is 2.68. The topological polar surface area (TPSA) is 83.7 Å². The second kappa shape index (κ2) is 7.89. The zero-order chi connectivity index (χ0) is 18.7. The van der Waals surface area contributed by atoms with Gasteiger partial charge >= 0.3 is 0 Å². The van der Waals surface area contributed by atoms with Crippen molar-refractivity contribution in [3.8, 4) is 0 Å². The van der Waals surface area contributed by atoms with Gasteiger partial charge in [0, 0.05) is 31.2 Å². The predicted molar refractivity (Wildman–Crippen MR) is 98.2 cm³/mol. The fourth-order valence-corrected chi connectivity index (χ4v) is 4.01. The molecule has 140 valence electrons. The van der Waals surface area contributed by atoms with Gasteiger partial charge in [-0.2, -0.15) is 0 Å². The van der Waals surface area contributed by atoms with E-state index in [2.05, 4.69) is 0 Å². The van der Waals surface area contributed by atoms with Crippen molar-refractivity contribution in [2.24, 2.45) is 17.6 Å². The number of nitrogens with zero attached hydrogens (tertiary/aromatic N) is 2. The van der Waals surface area contributed by atoms with Crippen molar-refractivity contribution in [3.63, 3.8) is 0 Å². The van der Waals surface area contributed by atoms with Crippen molar-refractivity contribution in [2.75, 3.05) is 19.6 Å². The van der Waals surface area contributed by atoms with Gasteiger partial charge in [0.2, 0.25) is 11.8 Å². The highest BCUT2D eigenvalue weighted by atomic mass is 16.2. The molecule has 1 aromatic carbocycles. The highest BCUT2D eigenvalue weighted by Crippen LogP contribution is 2.27. The van der Waals surface area contributed by atoms with E-state index < -0.39 is 0 Å². The average molecular weight is 357 g/mol. The first-order chi connectivity index (χ1) is 12.5. The van der Waals surface area contributed by atoms with E-state index in [1.165, 1.54) is 0 Å². The van der Waals surface area contributed by atoms with Gasteiger partial charge in [-0.1, -0.05) is 18.2 Å². The summed E-state index contributed by atoms with van der Waals surface area (Å²) < 4.78 is 0. The first-order valence-electron chi connectivity index (χ1n) is 9.41. The minimum Gasteiger partial charge on any atom is -0.369 e. The molecule has 2 N–H and O–H groups in total. The fraction of sp³-hybridized carbons (Fsp3) is 0.550. The van der Waals surface area contributed by atoms with E-state index in [-0.39, 0.29) is 35.6 Å². The van der Waals surface area contributed by atoms with E-state index in [1.807, 2.05) is 25.1 Å².